The first kappa shape index (κ1) is 13.5. The summed E-state index contributed by atoms with van der Waals surface area (Å²) >= 11 is 11.5. The normalized spacial score (nSPS) is 11.4. The topological polar surface area (TPSA) is 51.2 Å². The van der Waals surface area contributed by atoms with Gasteiger partial charge in [-0.25, -0.2) is 8.42 Å². The maximum atomic E-state index is 11.6. The highest BCUT2D eigenvalue weighted by molar-refractivity contribution is 7.92. The van der Waals surface area contributed by atoms with Gasteiger partial charge in [0.15, 0.2) is 15.6 Å². The molecule has 6 heteroatoms. The van der Waals surface area contributed by atoms with Crippen LogP contribution in [0.3, 0.4) is 0 Å². The summed E-state index contributed by atoms with van der Waals surface area (Å²) < 4.78 is 22.5. The predicted octanol–water partition coefficient (Wildman–Crippen LogP) is 2.61. The van der Waals surface area contributed by atoms with Gasteiger partial charge in [-0.1, -0.05) is 30.1 Å². The summed E-state index contributed by atoms with van der Waals surface area (Å²) in [6, 6.07) is 4.34. The average molecular weight is 281 g/mol. The van der Waals surface area contributed by atoms with Crippen molar-refractivity contribution in [3.63, 3.8) is 0 Å². The molecular weight excluding hydrogens is 271 g/mol. The summed E-state index contributed by atoms with van der Waals surface area (Å²) in [4.78, 5) is 11.6. The van der Waals surface area contributed by atoms with Crippen molar-refractivity contribution in [1.29, 1.82) is 0 Å². The highest BCUT2D eigenvalue weighted by Crippen LogP contribution is 2.21. The molecular formula is C10H10Cl2O3S. The number of Topliss-reactive ketones (excluding diaryl/α,β-unsaturated/α-hetero) is 1. The second-order valence-electron chi connectivity index (χ2n) is 3.22. The van der Waals surface area contributed by atoms with Crippen LogP contribution in [0.15, 0.2) is 18.2 Å². The van der Waals surface area contributed by atoms with Gasteiger partial charge in [-0.2, -0.15) is 0 Å². The van der Waals surface area contributed by atoms with E-state index in [2.05, 4.69) is 0 Å². The van der Waals surface area contributed by atoms with Gasteiger partial charge in [-0.3, -0.25) is 4.79 Å². The monoisotopic (exact) mass is 280 g/mol. The van der Waals surface area contributed by atoms with Crippen molar-refractivity contribution in [2.45, 2.75) is 6.92 Å². The lowest BCUT2D eigenvalue weighted by Crippen LogP contribution is -2.18. The van der Waals surface area contributed by atoms with Gasteiger partial charge in [0, 0.05) is 16.3 Å². The molecule has 0 aliphatic rings. The van der Waals surface area contributed by atoms with E-state index in [0.717, 1.165) is 0 Å². The standard InChI is InChI=1S/C10H10Cl2O3S/c1-2-16(14,15)6-10(13)8-4-3-7(11)5-9(8)12/h3-5H,2,6H2,1H3. The maximum absolute atomic E-state index is 11.6. The Hall–Kier alpha value is -0.580. The Morgan fingerprint density at radius 1 is 1.31 bits per heavy atom. The van der Waals surface area contributed by atoms with Crippen LogP contribution in [0.5, 0.6) is 0 Å². The Balaban J connectivity index is 2.98. The minimum atomic E-state index is -3.33. The molecule has 0 saturated carbocycles. The zero-order chi connectivity index (χ0) is 12.3. The zero-order valence-electron chi connectivity index (χ0n) is 8.54. The van der Waals surface area contributed by atoms with Crippen LogP contribution in [0.1, 0.15) is 17.3 Å². The van der Waals surface area contributed by atoms with E-state index >= 15 is 0 Å². The van der Waals surface area contributed by atoms with Crippen LogP contribution in [0, 0.1) is 0 Å². The SMILES string of the molecule is CCS(=O)(=O)CC(=O)c1ccc(Cl)cc1Cl. The minimum Gasteiger partial charge on any atom is -0.293 e. The Morgan fingerprint density at radius 2 is 1.94 bits per heavy atom. The molecule has 0 radical (unpaired) electrons. The van der Waals surface area contributed by atoms with Gasteiger partial charge in [-0.05, 0) is 18.2 Å². The molecule has 1 aromatic rings. The Morgan fingerprint density at radius 3 is 2.44 bits per heavy atom. The van der Waals surface area contributed by atoms with Crippen molar-refractivity contribution in [2.24, 2.45) is 0 Å². The van der Waals surface area contributed by atoms with Crippen molar-refractivity contribution < 1.29 is 13.2 Å². The van der Waals surface area contributed by atoms with E-state index in [1.165, 1.54) is 25.1 Å². The fourth-order valence-corrected chi connectivity index (χ4v) is 2.37. The van der Waals surface area contributed by atoms with E-state index in [1.807, 2.05) is 0 Å². The smallest absolute Gasteiger partial charge is 0.179 e. The molecule has 0 aromatic heterocycles. The lowest BCUT2D eigenvalue weighted by atomic mass is 10.1. The molecule has 88 valence electrons. The summed E-state index contributed by atoms with van der Waals surface area (Å²) in [5, 5.41) is 0.573. The van der Waals surface area contributed by atoms with Crippen LogP contribution < -0.4 is 0 Å². The molecule has 0 atom stereocenters. The van der Waals surface area contributed by atoms with Crippen LogP contribution in [-0.2, 0) is 9.84 Å². The van der Waals surface area contributed by atoms with E-state index in [9.17, 15) is 13.2 Å². The number of benzene rings is 1. The van der Waals surface area contributed by atoms with E-state index in [4.69, 9.17) is 23.2 Å². The Bertz CT molecular complexity index is 509. The first-order chi connectivity index (χ1) is 7.35. The highest BCUT2D eigenvalue weighted by atomic mass is 35.5. The third-order valence-corrected chi connectivity index (χ3v) is 4.15. The van der Waals surface area contributed by atoms with Crippen LogP contribution in [-0.4, -0.2) is 25.7 Å². The fraction of sp³-hybridized carbons (Fsp3) is 0.300. The van der Waals surface area contributed by atoms with Gasteiger partial charge in [-0.15, -0.1) is 0 Å². The number of sulfone groups is 1. The van der Waals surface area contributed by atoms with Crippen molar-refractivity contribution >= 4 is 38.8 Å². The molecule has 0 heterocycles. The molecule has 0 aliphatic heterocycles. The van der Waals surface area contributed by atoms with Gasteiger partial charge in [0.25, 0.3) is 0 Å². The Kier molecular flexibility index (Phi) is 4.35. The number of rotatable bonds is 4. The van der Waals surface area contributed by atoms with E-state index in [-0.39, 0.29) is 16.3 Å². The molecule has 0 spiro atoms. The minimum absolute atomic E-state index is 0.0655. The second kappa shape index (κ2) is 5.17. The lowest BCUT2D eigenvalue weighted by Gasteiger charge is -2.03. The predicted molar refractivity (Wildman–Crippen MR) is 65.1 cm³/mol. The Labute approximate surface area is 104 Å². The van der Waals surface area contributed by atoms with E-state index in [0.29, 0.717) is 5.02 Å². The van der Waals surface area contributed by atoms with E-state index in [1.54, 1.807) is 0 Å². The van der Waals surface area contributed by atoms with Crippen molar-refractivity contribution in [1.82, 2.24) is 0 Å². The van der Waals surface area contributed by atoms with Crippen molar-refractivity contribution in [3.05, 3.63) is 33.8 Å². The van der Waals surface area contributed by atoms with Crippen LogP contribution in [0.4, 0.5) is 0 Å². The average Bonchev–Trinajstić information content (AvgIpc) is 2.16. The number of ketones is 1. The summed E-state index contributed by atoms with van der Waals surface area (Å²) in [5.74, 6) is -1.10. The van der Waals surface area contributed by atoms with Crippen LogP contribution in [0.2, 0.25) is 10.0 Å². The molecule has 0 amide bonds. The van der Waals surface area contributed by atoms with Crippen LogP contribution in [0.25, 0.3) is 0 Å². The van der Waals surface area contributed by atoms with Gasteiger partial charge in [0.1, 0.15) is 5.75 Å². The molecule has 0 saturated heterocycles. The molecule has 1 aromatic carbocycles. The molecule has 16 heavy (non-hydrogen) atoms. The molecule has 0 unspecified atom stereocenters. The number of hydrogen-bond acceptors (Lipinski definition) is 3. The summed E-state index contributed by atoms with van der Waals surface area (Å²) in [5.41, 5.74) is 0.183. The third kappa shape index (κ3) is 3.47. The summed E-state index contributed by atoms with van der Waals surface area (Å²) in [7, 11) is -3.33. The van der Waals surface area contributed by atoms with Gasteiger partial charge < -0.3 is 0 Å². The second-order valence-corrected chi connectivity index (χ2v) is 6.42. The van der Waals surface area contributed by atoms with Crippen LogP contribution >= 0.6 is 23.2 Å². The van der Waals surface area contributed by atoms with Crippen molar-refractivity contribution in [2.75, 3.05) is 11.5 Å². The fourth-order valence-electron chi connectivity index (χ4n) is 1.10. The summed E-state index contributed by atoms with van der Waals surface area (Å²) in [6.45, 7) is 1.49. The molecule has 0 aliphatic carbocycles. The first-order valence-corrected chi connectivity index (χ1v) is 7.12. The van der Waals surface area contributed by atoms with E-state index < -0.39 is 21.4 Å². The lowest BCUT2D eigenvalue weighted by molar-refractivity contribution is 0.102. The molecule has 0 N–H and O–H groups in total. The van der Waals surface area contributed by atoms with Gasteiger partial charge >= 0.3 is 0 Å². The van der Waals surface area contributed by atoms with Gasteiger partial charge in [0.2, 0.25) is 0 Å². The summed E-state index contributed by atoms with van der Waals surface area (Å²) in [6.07, 6.45) is 0. The number of hydrogen-bond donors (Lipinski definition) is 0. The maximum Gasteiger partial charge on any atom is 0.179 e. The van der Waals surface area contributed by atoms with Gasteiger partial charge in [0.05, 0.1) is 5.02 Å². The largest absolute Gasteiger partial charge is 0.293 e. The molecule has 0 fully saturated rings. The van der Waals surface area contributed by atoms with Crippen molar-refractivity contribution in [3.8, 4) is 0 Å². The number of carbonyl (C=O) groups is 1. The third-order valence-electron chi connectivity index (χ3n) is 2.02. The first-order valence-electron chi connectivity index (χ1n) is 4.54. The molecule has 0 bridgehead atoms. The number of carbonyl (C=O) groups excluding carboxylic acids is 1. The zero-order valence-corrected chi connectivity index (χ0v) is 10.9. The molecule has 3 nitrogen and oxygen atoms in total. The quantitative estimate of drug-likeness (QED) is 0.797. The molecule has 1 rings (SSSR count). The highest BCUT2D eigenvalue weighted by Gasteiger charge is 2.18. The number of halogens is 2.